The van der Waals surface area contributed by atoms with Crippen LogP contribution in [0, 0.1) is 0 Å². The maximum atomic E-state index is 11.9. The van der Waals surface area contributed by atoms with Gasteiger partial charge in [0.1, 0.15) is 6.10 Å². The minimum Gasteiger partial charge on any atom is -0.427 e. The third-order valence-corrected chi connectivity index (χ3v) is 5.28. The second kappa shape index (κ2) is 8.93. The van der Waals surface area contributed by atoms with E-state index < -0.39 is 6.16 Å². The molecule has 3 atom stereocenters. The summed E-state index contributed by atoms with van der Waals surface area (Å²) >= 11 is 0. The molecule has 0 N–H and O–H groups in total. The molecule has 3 aromatic carbocycles. The van der Waals surface area contributed by atoms with Gasteiger partial charge in [0, 0.05) is 13.1 Å². The van der Waals surface area contributed by atoms with Gasteiger partial charge in [-0.25, -0.2) is 4.79 Å². The summed E-state index contributed by atoms with van der Waals surface area (Å²) in [7, 11) is 0. The first-order chi connectivity index (χ1) is 14.2. The highest BCUT2D eigenvalue weighted by Gasteiger charge is 2.42. The van der Waals surface area contributed by atoms with E-state index in [-0.39, 0.29) is 18.2 Å². The van der Waals surface area contributed by atoms with Crippen molar-refractivity contribution in [2.24, 2.45) is 0 Å². The van der Waals surface area contributed by atoms with Crippen LogP contribution in [0.25, 0.3) is 0 Å². The molecule has 4 rings (SSSR count). The molecule has 0 spiro atoms. The third kappa shape index (κ3) is 4.66. The number of hydrogen-bond donors (Lipinski definition) is 0. The minimum absolute atomic E-state index is 0.127. The SMILES string of the molecule is C[C@H]1OC(=O)O[C@H]1[C@@H](c1ccccc1)N(Cc1ccccc1)Cc1ccccc1. The van der Waals surface area contributed by atoms with Crippen molar-refractivity contribution in [1.29, 1.82) is 0 Å². The van der Waals surface area contributed by atoms with Gasteiger partial charge in [0.2, 0.25) is 0 Å². The van der Waals surface area contributed by atoms with Gasteiger partial charge in [0.15, 0.2) is 6.10 Å². The lowest BCUT2D eigenvalue weighted by Crippen LogP contribution is -2.40. The number of carbonyl (C=O) groups is 1. The highest BCUT2D eigenvalue weighted by atomic mass is 16.8. The molecule has 29 heavy (non-hydrogen) atoms. The molecule has 1 aliphatic heterocycles. The molecule has 0 unspecified atom stereocenters. The molecule has 1 saturated heterocycles. The van der Waals surface area contributed by atoms with Crippen LogP contribution in [0.5, 0.6) is 0 Å². The van der Waals surface area contributed by atoms with Gasteiger partial charge in [0.25, 0.3) is 0 Å². The van der Waals surface area contributed by atoms with Gasteiger partial charge >= 0.3 is 6.16 Å². The number of benzene rings is 3. The van der Waals surface area contributed by atoms with Crippen LogP contribution in [0.4, 0.5) is 4.79 Å². The van der Waals surface area contributed by atoms with E-state index in [1.54, 1.807) is 0 Å². The molecular formula is C25H25NO3. The molecule has 4 heteroatoms. The molecule has 0 radical (unpaired) electrons. The fraction of sp³-hybridized carbons (Fsp3) is 0.240. The van der Waals surface area contributed by atoms with E-state index in [9.17, 15) is 4.79 Å². The second-order valence-electron chi connectivity index (χ2n) is 7.39. The summed E-state index contributed by atoms with van der Waals surface area (Å²) in [6.07, 6.45) is -1.29. The summed E-state index contributed by atoms with van der Waals surface area (Å²) in [5, 5.41) is 0. The molecule has 0 aromatic heterocycles. The smallest absolute Gasteiger partial charge is 0.427 e. The number of ether oxygens (including phenoxy) is 2. The second-order valence-corrected chi connectivity index (χ2v) is 7.39. The third-order valence-electron chi connectivity index (χ3n) is 5.28. The lowest BCUT2D eigenvalue weighted by molar-refractivity contribution is 0.0350. The number of cyclic esters (lactones) is 2. The summed E-state index contributed by atoms with van der Waals surface area (Å²) < 4.78 is 11.0. The standard InChI is InChI=1S/C25H25NO3/c1-19-24(29-25(27)28-19)23(22-15-9-4-10-16-22)26(17-20-11-5-2-6-12-20)18-21-13-7-3-8-14-21/h2-16,19,23-24H,17-18H2,1H3/t19-,23-,24-/m1/s1. The normalized spacial score (nSPS) is 19.6. The van der Waals surface area contributed by atoms with Crippen molar-refractivity contribution in [3.8, 4) is 0 Å². The van der Waals surface area contributed by atoms with E-state index in [4.69, 9.17) is 9.47 Å². The van der Waals surface area contributed by atoms with Gasteiger partial charge in [-0.2, -0.15) is 0 Å². The van der Waals surface area contributed by atoms with Crippen LogP contribution in [0.15, 0.2) is 91.0 Å². The van der Waals surface area contributed by atoms with Crippen LogP contribution in [0.3, 0.4) is 0 Å². The quantitative estimate of drug-likeness (QED) is 0.512. The highest BCUT2D eigenvalue weighted by Crippen LogP contribution is 2.35. The zero-order valence-electron chi connectivity index (χ0n) is 16.5. The molecule has 0 aliphatic carbocycles. The van der Waals surface area contributed by atoms with E-state index in [2.05, 4.69) is 65.6 Å². The fourth-order valence-electron chi connectivity index (χ4n) is 3.92. The minimum atomic E-state index is -0.595. The van der Waals surface area contributed by atoms with Gasteiger partial charge in [-0.05, 0) is 23.6 Å². The van der Waals surface area contributed by atoms with Crippen molar-refractivity contribution in [3.05, 3.63) is 108 Å². The molecule has 1 aliphatic rings. The van der Waals surface area contributed by atoms with E-state index in [1.165, 1.54) is 11.1 Å². The molecule has 3 aromatic rings. The van der Waals surface area contributed by atoms with Crippen LogP contribution in [-0.4, -0.2) is 23.3 Å². The van der Waals surface area contributed by atoms with Crippen LogP contribution in [-0.2, 0) is 22.6 Å². The molecule has 0 amide bonds. The fourth-order valence-corrected chi connectivity index (χ4v) is 3.92. The van der Waals surface area contributed by atoms with Crippen molar-refractivity contribution in [2.45, 2.75) is 38.3 Å². The van der Waals surface area contributed by atoms with Crippen LogP contribution in [0.2, 0.25) is 0 Å². The Hall–Kier alpha value is -3.11. The summed E-state index contributed by atoms with van der Waals surface area (Å²) in [6.45, 7) is 3.36. The molecule has 0 bridgehead atoms. The van der Waals surface area contributed by atoms with Crippen molar-refractivity contribution < 1.29 is 14.3 Å². The van der Waals surface area contributed by atoms with Crippen LogP contribution >= 0.6 is 0 Å². The number of rotatable bonds is 7. The Kier molecular flexibility index (Phi) is 5.92. The molecular weight excluding hydrogens is 362 g/mol. The Morgan fingerprint density at radius 3 is 1.69 bits per heavy atom. The van der Waals surface area contributed by atoms with Crippen molar-refractivity contribution in [1.82, 2.24) is 4.90 Å². The Labute approximate surface area is 171 Å². The van der Waals surface area contributed by atoms with Crippen molar-refractivity contribution in [2.75, 3.05) is 0 Å². The maximum Gasteiger partial charge on any atom is 0.509 e. The molecule has 1 heterocycles. The van der Waals surface area contributed by atoms with Gasteiger partial charge in [0.05, 0.1) is 6.04 Å². The first-order valence-electron chi connectivity index (χ1n) is 9.95. The highest BCUT2D eigenvalue weighted by molar-refractivity contribution is 5.62. The predicted octanol–water partition coefficient (Wildman–Crippen LogP) is 5.35. The molecule has 0 saturated carbocycles. The van der Waals surface area contributed by atoms with E-state index >= 15 is 0 Å². The van der Waals surface area contributed by atoms with Crippen LogP contribution < -0.4 is 0 Å². The van der Waals surface area contributed by atoms with E-state index in [1.807, 2.05) is 37.3 Å². The van der Waals surface area contributed by atoms with E-state index in [0.29, 0.717) is 0 Å². The van der Waals surface area contributed by atoms with Crippen LogP contribution in [0.1, 0.15) is 29.7 Å². The lowest BCUT2D eigenvalue weighted by atomic mass is 9.95. The predicted molar refractivity (Wildman–Crippen MR) is 112 cm³/mol. The molecule has 148 valence electrons. The Balaban J connectivity index is 1.73. The maximum absolute atomic E-state index is 11.9. The zero-order chi connectivity index (χ0) is 20.1. The summed E-state index contributed by atoms with van der Waals surface area (Å²) in [4.78, 5) is 14.2. The topological polar surface area (TPSA) is 38.8 Å². The monoisotopic (exact) mass is 387 g/mol. The van der Waals surface area contributed by atoms with Gasteiger partial charge in [-0.3, -0.25) is 4.90 Å². The summed E-state index contributed by atoms with van der Waals surface area (Å²) in [5.74, 6) is 0. The van der Waals surface area contributed by atoms with Gasteiger partial charge < -0.3 is 9.47 Å². The Morgan fingerprint density at radius 2 is 1.24 bits per heavy atom. The Morgan fingerprint density at radius 1 is 0.759 bits per heavy atom. The van der Waals surface area contributed by atoms with Gasteiger partial charge in [-0.15, -0.1) is 0 Å². The number of hydrogen-bond acceptors (Lipinski definition) is 4. The summed E-state index contributed by atoms with van der Waals surface area (Å²) in [5.41, 5.74) is 3.53. The lowest BCUT2D eigenvalue weighted by Gasteiger charge is -2.35. The molecule has 4 nitrogen and oxygen atoms in total. The largest absolute Gasteiger partial charge is 0.509 e. The zero-order valence-corrected chi connectivity index (χ0v) is 16.5. The average molecular weight is 387 g/mol. The van der Waals surface area contributed by atoms with Gasteiger partial charge in [-0.1, -0.05) is 91.0 Å². The number of nitrogens with zero attached hydrogens (tertiary/aromatic N) is 1. The average Bonchev–Trinajstić information content (AvgIpc) is 3.08. The first kappa shape index (κ1) is 19.2. The first-order valence-corrected chi connectivity index (χ1v) is 9.95. The van der Waals surface area contributed by atoms with E-state index in [0.717, 1.165) is 18.7 Å². The van der Waals surface area contributed by atoms with Crippen molar-refractivity contribution in [3.63, 3.8) is 0 Å². The van der Waals surface area contributed by atoms with Crippen molar-refractivity contribution >= 4 is 6.16 Å². The molecule has 1 fully saturated rings. The number of carbonyl (C=O) groups excluding carboxylic acids is 1. The summed E-state index contributed by atoms with van der Waals surface area (Å²) in [6, 6.07) is 30.8. The Bertz CT molecular complexity index is 873.